The fourth-order valence-electron chi connectivity index (χ4n) is 2.28. The van der Waals surface area contributed by atoms with Crippen LogP contribution in [0.2, 0.25) is 0 Å². The molecule has 0 bridgehead atoms. The van der Waals surface area contributed by atoms with E-state index in [-0.39, 0.29) is 12.0 Å². The molecule has 2 nitrogen and oxygen atoms in total. The van der Waals surface area contributed by atoms with Gasteiger partial charge in [-0.2, -0.15) is 18.4 Å². The Bertz CT molecular complexity index is 461. The molecule has 1 aliphatic rings. The van der Waals surface area contributed by atoms with Crippen molar-refractivity contribution in [2.75, 3.05) is 0 Å². The molecule has 1 saturated carbocycles. The van der Waals surface area contributed by atoms with Crippen LogP contribution in [0.1, 0.15) is 31.2 Å². The first-order valence-electron chi connectivity index (χ1n) is 6.24. The van der Waals surface area contributed by atoms with Gasteiger partial charge in [0.15, 0.2) is 0 Å². The zero-order valence-corrected chi connectivity index (χ0v) is 10.3. The smallest absolute Gasteiger partial charge is 0.416 e. The molecule has 0 amide bonds. The topological polar surface area (TPSA) is 33.0 Å². The molecule has 1 aromatic carbocycles. The van der Waals surface area contributed by atoms with Crippen LogP contribution in [0.15, 0.2) is 24.3 Å². The summed E-state index contributed by atoms with van der Waals surface area (Å²) in [6, 6.07) is 6.83. The van der Waals surface area contributed by atoms with Gasteiger partial charge in [-0.15, -0.1) is 0 Å². The van der Waals surface area contributed by atoms with Crippen LogP contribution in [0, 0.1) is 17.2 Å². The third-order valence-corrected chi connectivity index (χ3v) is 3.34. The van der Waals surface area contributed by atoms with Crippen LogP contribution in [0.4, 0.5) is 13.2 Å². The Kier molecular flexibility index (Phi) is 3.98. The van der Waals surface area contributed by atoms with Crippen LogP contribution in [0.3, 0.4) is 0 Å². The highest BCUT2D eigenvalue weighted by Crippen LogP contribution is 2.32. The highest BCUT2D eigenvalue weighted by molar-refractivity contribution is 5.29. The van der Waals surface area contributed by atoms with E-state index in [1.807, 2.05) is 0 Å². The SMILES string of the molecule is N#CC1CCCCC1Oc1ccc(C(F)(F)F)cc1. The monoisotopic (exact) mass is 269 g/mol. The summed E-state index contributed by atoms with van der Waals surface area (Å²) in [5, 5.41) is 9.01. The quantitative estimate of drug-likeness (QED) is 0.807. The molecule has 19 heavy (non-hydrogen) atoms. The second-order valence-electron chi connectivity index (χ2n) is 4.70. The van der Waals surface area contributed by atoms with Crippen LogP contribution in [-0.2, 0) is 6.18 Å². The minimum Gasteiger partial charge on any atom is -0.489 e. The van der Waals surface area contributed by atoms with Crippen LogP contribution < -0.4 is 4.74 Å². The van der Waals surface area contributed by atoms with Crippen LogP contribution >= 0.6 is 0 Å². The van der Waals surface area contributed by atoms with Crippen LogP contribution in [-0.4, -0.2) is 6.10 Å². The van der Waals surface area contributed by atoms with Gasteiger partial charge in [0.25, 0.3) is 0 Å². The second-order valence-corrected chi connectivity index (χ2v) is 4.70. The minimum absolute atomic E-state index is 0.170. The summed E-state index contributed by atoms with van der Waals surface area (Å²) in [4.78, 5) is 0. The molecule has 0 spiro atoms. The summed E-state index contributed by atoms with van der Waals surface area (Å²) in [5.74, 6) is 0.219. The summed E-state index contributed by atoms with van der Waals surface area (Å²) in [6.45, 7) is 0. The van der Waals surface area contributed by atoms with Gasteiger partial charge in [-0.05, 0) is 43.5 Å². The Balaban J connectivity index is 2.05. The number of hydrogen-bond donors (Lipinski definition) is 0. The van der Waals surface area contributed by atoms with Crippen molar-refractivity contribution in [2.45, 2.75) is 38.0 Å². The first kappa shape index (κ1) is 13.7. The normalized spacial score (nSPS) is 23.7. The number of benzene rings is 1. The van der Waals surface area contributed by atoms with Gasteiger partial charge in [0.2, 0.25) is 0 Å². The number of ether oxygens (including phenoxy) is 1. The van der Waals surface area contributed by atoms with E-state index in [2.05, 4.69) is 6.07 Å². The van der Waals surface area contributed by atoms with E-state index >= 15 is 0 Å². The van der Waals surface area contributed by atoms with Gasteiger partial charge >= 0.3 is 6.18 Å². The molecule has 102 valence electrons. The molecular formula is C14H14F3NO. The van der Waals surface area contributed by atoms with E-state index in [1.54, 1.807) is 0 Å². The Morgan fingerprint density at radius 3 is 2.32 bits per heavy atom. The summed E-state index contributed by atoms with van der Waals surface area (Å²) >= 11 is 0. The predicted molar refractivity (Wildman–Crippen MR) is 63.4 cm³/mol. The van der Waals surface area contributed by atoms with Crippen LogP contribution in [0.25, 0.3) is 0 Å². The summed E-state index contributed by atoms with van der Waals surface area (Å²) in [7, 11) is 0. The largest absolute Gasteiger partial charge is 0.489 e. The minimum atomic E-state index is -4.33. The van der Waals surface area contributed by atoms with Gasteiger partial charge in [-0.25, -0.2) is 0 Å². The lowest BCUT2D eigenvalue weighted by Gasteiger charge is -2.27. The molecule has 0 heterocycles. The van der Waals surface area contributed by atoms with Crippen molar-refractivity contribution in [1.82, 2.24) is 0 Å². The summed E-state index contributed by atoms with van der Waals surface area (Å²) in [5.41, 5.74) is -0.694. The van der Waals surface area contributed by atoms with E-state index in [9.17, 15) is 13.2 Å². The van der Waals surface area contributed by atoms with Crippen molar-refractivity contribution in [2.24, 2.45) is 5.92 Å². The average molecular weight is 269 g/mol. The number of nitriles is 1. The first-order chi connectivity index (χ1) is 9.00. The maximum absolute atomic E-state index is 12.4. The molecule has 2 atom stereocenters. The van der Waals surface area contributed by atoms with Crippen molar-refractivity contribution >= 4 is 0 Å². The zero-order chi connectivity index (χ0) is 13.9. The summed E-state index contributed by atoms with van der Waals surface area (Å²) < 4.78 is 42.9. The van der Waals surface area contributed by atoms with E-state index in [0.29, 0.717) is 5.75 Å². The number of nitrogens with zero attached hydrogens (tertiary/aromatic N) is 1. The molecule has 0 radical (unpaired) electrons. The van der Waals surface area contributed by atoms with E-state index < -0.39 is 11.7 Å². The number of halogens is 3. The predicted octanol–water partition coefficient (Wildman–Crippen LogP) is 4.17. The van der Waals surface area contributed by atoms with Crippen molar-refractivity contribution in [1.29, 1.82) is 5.26 Å². The molecule has 0 aliphatic heterocycles. The van der Waals surface area contributed by atoms with Crippen molar-refractivity contribution in [3.05, 3.63) is 29.8 Å². The fourth-order valence-corrected chi connectivity index (χ4v) is 2.28. The molecule has 1 fully saturated rings. The molecule has 2 unspecified atom stereocenters. The average Bonchev–Trinajstić information content (AvgIpc) is 2.39. The molecule has 0 aromatic heterocycles. The Hall–Kier alpha value is -1.70. The van der Waals surface area contributed by atoms with Gasteiger partial charge in [-0.1, -0.05) is 6.42 Å². The maximum atomic E-state index is 12.4. The molecule has 0 N–H and O–H groups in total. The third kappa shape index (κ3) is 3.40. The molecule has 5 heteroatoms. The molecule has 0 saturated heterocycles. The molecule has 1 aliphatic carbocycles. The molecular weight excluding hydrogens is 255 g/mol. The lowest BCUT2D eigenvalue weighted by atomic mass is 9.87. The van der Waals surface area contributed by atoms with Gasteiger partial charge in [-0.3, -0.25) is 0 Å². The van der Waals surface area contributed by atoms with Gasteiger partial charge in [0, 0.05) is 0 Å². The standard InChI is InChI=1S/C14H14F3NO/c15-14(16,17)11-5-7-12(8-6-11)19-13-4-2-1-3-10(13)9-18/h5-8,10,13H,1-4H2. The van der Waals surface area contributed by atoms with Gasteiger partial charge in [0.1, 0.15) is 11.9 Å². The van der Waals surface area contributed by atoms with Gasteiger partial charge in [0.05, 0.1) is 17.6 Å². The lowest BCUT2D eigenvalue weighted by molar-refractivity contribution is -0.137. The lowest BCUT2D eigenvalue weighted by Crippen LogP contribution is -2.29. The summed E-state index contributed by atoms with van der Waals surface area (Å²) in [6.07, 6.45) is -0.982. The highest BCUT2D eigenvalue weighted by Gasteiger charge is 2.30. The first-order valence-corrected chi connectivity index (χ1v) is 6.24. The van der Waals surface area contributed by atoms with Crippen molar-refractivity contribution in [3.8, 4) is 11.8 Å². The van der Waals surface area contributed by atoms with E-state index in [4.69, 9.17) is 10.00 Å². The Morgan fingerprint density at radius 1 is 1.11 bits per heavy atom. The highest BCUT2D eigenvalue weighted by atomic mass is 19.4. The fraction of sp³-hybridized carbons (Fsp3) is 0.500. The second kappa shape index (κ2) is 5.52. The molecule has 1 aromatic rings. The van der Waals surface area contributed by atoms with Crippen molar-refractivity contribution < 1.29 is 17.9 Å². The zero-order valence-electron chi connectivity index (χ0n) is 10.3. The van der Waals surface area contributed by atoms with Gasteiger partial charge < -0.3 is 4.74 Å². The Morgan fingerprint density at radius 2 is 1.74 bits per heavy atom. The Labute approximate surface area is 109 Å². The molecule has 2 rings (SSSR count). The maximum Gasteiger partial charge on any atom is 0.416 e. The van der Waals surface area contributed by atoms with E-state index in [1.165, 1.54) is 12.1 Å². The van der Waals surface area contributed by atoms with E-state index in [0.717, 1.165) is 37.8 Å². The van der Waals surface area contributed by atoms with Crippen molar-refractivity contribution in [3.63, 3.8) is 0 Å². The third-order valence-electron chi connectivity index (χ3n) is 3.34. The number of alkyl halides is 3. The number of hydrogen-bond acceptors (Lipinski definition) is 2. The number of rotatable bonds is 2. The van der Waals surface area contributed by atoms with Crippen LogP contribution in [0.5, 0.6) is 5.75 Å².